The zero-order valence-electron chi connectivity index (χ0n) is 17.5. The van der Waals surface area contributed by atoms with Crippen LogP contribution in [0.15, 0.2) is 88.8 Å². The number of aromatic nitrogens is 1. The van der Waals surface area contributed by atoms with Crippen LogP contribution in [0, 0.1) is 0 Å². The predicted molar refractivity (Wildman–Crippen MR) is 136 cm³/mol. The molecule has 11 heteroatoms. The third kappa shape index (κ3) is 5.68. The Labute approximate surface area is 206 Å². The predicted octanol–water partition coefficient (Wildman–Crippen LogP) is 3.72. The van der Waals surface area contributed by atoms with Crippen LogP contribution in [0.5, 0.6) is 0 Å². The molecule has 0 atom stereocenters. The average molecular weight is 511 g/mol. The van der Waals surface area contributed by atoms with Gasteiger partial charge < -0.3 is 5.32 Å². The van der Waals surface area contributed by atoms with Crippen LogP contribution >= 0.6 is 24.0 Å². The van der Waals surface area contributed by atoms with Crippen molar-refractivity contribution in [2.24, 2.45) is 0 Å². The summed E-state index contributed by atoms with van der Waals surface area (Å²) in [6.45, 7) is -0.252. The molecule has 1 aliphatic heterocycles. The van der Waals surface area contributed by atoms with E-state index in [2.05, 4.69) is 15.0 Å². The molecule has 0 unspecified atom stereocenters. The largest absolute Gasteiger partial charge is 0.325 e. The average Bonchev–Trinajstić information content (AvgIpc) is 3.07. The quantitative estimate of drug-likeness (QED) is 0.368. The summed E-state index contributed by atoms with van der Waals surface area (Å²) in [7, 11) is -3.83. The monoisotopic (exact) mass is 510 g/mol. The Morgan fingerprint density at radius 3 is 2.41 bits per heavy atom. The molecule has 1 saturated heterocycles. The molecule has 1 aromatic heterocycles. The van der Waals surface area contributed by atoms with Crippen LogP contribution in [0.1, 0.15) is 5.56 Å². The van der Waals surface area contributed by atoms with Crippen molar-refractivity contribution < 1.29 is 18.0 Å². The lowest BCUT2D eigenvalue weighted by Gasteiger charge is -2.14. The summed E-state index contributed by atoms with van der Waals surface area (Å²) in [6.07, 6.45) is 3.21. The van der Waals surface area contributed by atoms with E-state index in [1.807, 2.05) is 30.3 Å². The molecule has 2 amide bonds. The molecule has 172 valence electrons. The number of thioether (sulfide) groups is 1. The Morgan fingerprint density at radius 1 is 1.03 bits per heavy atom. The minimum Gasteiger partial charge on any atom is -0.325 e. The molecule has 2 heterocycles. The fourth-order valence-corrected chi connectivity index (χ4v) is 5.28. The van der Waals surface area contributed by atoms with Gasteiger partial charge in [0.15, 0.2) is 0 Å². The van der Waals surface area contributed by atoms with Crippen molar-refractivity contribution in [2.75, 3.05) is 16.6 Å². The molecule has 34 heavy (non-hydrogen) atoms. The highest BCUT2D eigenvalue weighted by Crippen LogP contribution is 2.32. The SMILES string of the molecule is O=C(CN1C(=O)/C(=C/c2ccccc2)SC1=S)Nc1ccc(S(=O)(=O)Nc2ccccn2)cc1. The Morgan fingerprint density at radius 2 is 1.74 bits per heavy atom. The highest BCUT2D eigenvalue weighted by molar-refractivity contribution is 8.26. The Balaban J connectivity index is 1.38. The van der Waals surface area contributed by atoms with Gasteiger partial charge in [-0.15, -0.1) is 0 Å². The summed E-state index contributed by atoms with van der Waals surface area (Å²) in [5, 5.41) is 2.65. The van der Waals surface area contributed by atoms with E-state index in [-0.39, 0.29) is 23.2 Å². The standard InChI is InChI=1S/C23H18N4O4S3/c28-21(15-27-22(29)19(33-23(27)32)14-16-6-2-1-3-7-16)25-17-9-11-18(12-10-17)34(30,31)26-20-8-4-5-13-24-20/h1-14H,15H2,(H,24,26)(H,25,28)/b19-14-. The van der Waals surface area contributed by atoms with Crippen molar-refractivity contribution in [3.63, 3.8) is 0 Å². The van der Waals surface area contributed by atoms with Crippen LogP contribution in [0.2, 0.25) is 0 Å². The van der Waals surface area contributed by atoms with Crippen LogP contribution < -0.4 is 10.0 Å². The van der Waals surface area contributed by atoms with Gasteiger partial charge in [0.2, 0.25) is 5.91 Å². The lowest BCUT2D eigenvalue weighted by Crippen LogP contribution is -2.36. The first-order chi connectivity index (χ1) is 16.3. The maximum absolute atomic E-state index is 12.7. The topological polar surface area (TPSA) is 108 Å². The molecule has 4 rings (SSSR count). The van der Waals surface area contributed by atoms with E-state index >= 15 is 0 Å². The summed E-state index contributed by atoms with van der Waals surface area (Å²) in [6, 6.07) is 19.9. The van der Waals surface area contributed by atoms with E-state index < -0.39 is 15.9 Å². The van der Waals surface area contributed by atoms with Crippen molar-refractivity contribution in [1.82, 2.24) is 9.88 Å². The minimum absolute atomic E-state index is 0.0131. The molecule has 3 aromatic rings. The molecule has 0 radical (unpaired) electrons. The van der Waals surface area contributed by atoms with E-state index in [0.717, 1.165) is 17.3 Å². The first-order valence-electron chi connectivity index (χ1n) is 9.96. The van der Waals surface area contributed by atoms with Gasteiger partial charge >= 0.3 is 0 Å². The van der Waals surface area contributed by atoms with Crippen LogP contribution in [-0.4, -0.2) is 41.0 Å². The number of benzene rings is 2. The highest BCUT2D eigenvalue weighted by Gasteiger charge is 2.33. The van der Waals surface area contributed by atoms with E-state index in [4.69, 9.17) is 12.2 Å². The van der Waals surface area contributed by atoms with Crippen LogP contribution in [0.25, 0.3) is 6.08 Å². The van der Waals surface area contributed by atoms with E-state index in [0.29, 0.717) is 14.9 Å². The van der Waals surface area contributed by atoms with Gasteiger partial charge in [0.25, 0.3) is 15.9 Å². The number of carbonyl (C=O) groups is 2. The molecule has 1 aliphatic rings. The number of hydrogen-bond donors (Lipinski definition) is 2. The fourth-order valence-electron chi connectivity index (χ4n) is 3.02. The maximum Gasteiger partial charge on any atom is 0.266 e. The number of anilines is 2. The maximum atomic E-state index is 12.7. The van der Waals surface area contributed by atoms with Crippen LogP contribution in [-0.2, 0) is 19.6 Å². The number of thiocarbonyl (C=S) groups is 1. The lowest BCUT2D eigenvalue weighted by molar-refractivity contribution is -0.126. The summed E-state index contributed by atoms with van der Waals surface area (Å²) in [5.41, 5.74) is 1.24. The Hall–Kier alpha value is -3.54. The normalized spacial score (nSPS) is 14.9. The van der Waals surface area contributed by atoms with E-state index in [1.54, 1.807) is 18.2 Å². The van der Waals surface area contributed by atoms with Gasteiger partial charge in [0, 0.05) is 11.9 Å². The third-order valence-corrected chi connectivity index (χ3v) is 7.37. The van der Waals surface area contributed by atoms with Crippen molar-refractivity contribution in [3.8, 4) is 0 Å². The van der Waals surface area contributed by atoms with E-state index in [9.17, 15) is 18.0 Å². The molecular weight excluding hydrogens is 492 g/mol. The van der Waals surface area contributed by atoms with Gasteiger partial charge in [-0.3, -0.25) is 19.2 Å². The molecule has 0 saturated carbocycles. The van der Waals surface area contributed by atoms with Crippen molar-refractivity contribution >= 4 is 67.7 Å². The van der Waals surface area contributed by atoms with Crippen molar-refractivity contribution in [3.05, 3.63) is 89.5 Å². The number of amides is 2. The number of pyridine rings is 1. The summed E-state index contributed by atoms with van der Waals surface area (Å²) in [5.74, 6) is -0.597. The van der Waals surface area contributed by atoms with Crippen molar-refractivity contribution in [1.29, 1.82) is 0 Å². The number of carbonyl (C=O) groups excluding carboxylic acids is 2. The second-order valence-electron chi connectivity index (χ2n) is 7.07. The van der Waals surface area contributed by atoms with E-state index in [1.165, 1.54) is 41.4 Å². The third-order valence-electron chi connectivity index (χ3n) is 4.62. The van der Waals surface area contributed by atoms with Crippen molar-refractivity contribution in [2.45, 2.75) is 4.90 Å². The number of nitrogens with one attached hydrogen (secondary N) is 2. The first kappa shape index (κ1) is 23.6. The van der Waals surface area contributed by atoms with Crippen LogP contribution in [0.3, 0.4) is 0 Å². The summed E-state index contributed by atoms with van der Waals surface area (Å²) in [4.78, 5) is 30.9. The molecule has 0 aliphatic carbocycles. The minimum atomic E-state index is -3.83. The second kappa shape index (κ2) is 10.2. The van der Waals surface area contributed by atoms with Crippen LogP contribution in [0.4, 0.5) is 11.5 Å². The molecule has 2 N–H and O–H groups in total. The van der Waals surface area contributed by atoms with Gasteiger partial charge in [-0.2, -0.15) is 0 Å². The molecule has 2 aromatic carbocycles. The highest BCUT2D eigenvalue weighted by atomic mass is 32.2. The Bertz CT molecular complexity index is 1360. The number of nitrogens with zero attached hydrogens (tertiary/aromatic N) is 2. The summed E-state index contributed by atoms with van der Waals surface area (Å²) < 4.78 is 27.7. The molecule has 0 spiro atoms. The molecule has 1 fully saturated rings. The Kier molecular flexibility index (Phi) is 7.06. The smallest absolute Gasteiger partial charge is 0.266 e. The van der Waals surface area contributed by atoms with Gasteiger partial charge in [0.05, 0.1) is 9.80 Å². The molecule has 8 nitrogen and oxygen atoms in total. The zero-order chi connectivity index (χ0) is 24.1. The zero-order valence-corrected chi connectivity index (χ0v) is 20.0. The molecule has 0 bridgehead atoms. The van der Waals surface area contributed by atoms with Gasteiger partial charge in [-0.25, -0.2) is 13.4 Å². The van der Waals surface area contributed by atoms with Gasteiger partial charge in [-0.05, 0) is 48.0 Å². The molecular formula is C23H18N4O4S3. The lowest BCUT2D eigenvalue weighted by atomic mass is 10.2. The summed E-state index contributed by atoms with van der Waals surface area (Å²) >= 11 is 6.41. The second-order valence-corrected chi connectivity index (χ2v) is 10.4. The number of hydrogen-bond acceptors (Lipinski definition) is 7. The fraction of sp³-hybridized carbons (Fsp3) is 0.0435. The number of rotatable bonds is 7. The van der Waals surface area contributed by atoms with Gasteiger partial charge in [0.1, 0.15) is 16.7 Å². The van der Waals surface area contributed by atoms with Gasteiger partial charge in [-0.1, -0.05) is 60.4 Å². The number of sulfonamides is 1. The first-order valence-corrected chi connectivity index (χ1v) is 12.7.